The zero-order chi connectivity index (χ0) is 12.1. The van der Waals surface area contributed by atoms with Crippen LogP contribution >= 0.6 is 0 Å². The number of ether oxygens (including phenoxy) is 2. The third-order valence-corrected chi connectivity index (χ3v) is 2.21. The van der Waals surface area contributed by atoms with Gasteiger partial charge in [0, 0.05) is 0 Å². The molecule has 4 nitrogen and oxygen atoms in total. The van der Waals surface area contributed by atoms with E-state index in [2.05, 4.69) is 0 Å². The highest BCUT2D eigenvalue weighted by atomic mass is 16.6. The molecular formula is C12H17NO3. The van der Waals surface area contributed by atoms with Crippen LogP contribution in [0.5, 0.6) is 5.75 Å². The summed E-state index contributed by atoms with van der Waals surface area (Å²) in [4.78, 5) is 11.4. The maximum Gasteiger partial charge on any atom is 0.347 e. The highest BCUT2D eigenvalue weighted by Gasteiger charge is 2.16. The summed E-state index contributed by atoms with van der Waals surface area (Å²) in [5.74, 6) is 0.129. The number of benzene rings is 1. The Morgan fingerprint density at radius 2 is 2.19 bits per heavy atom. The van der Waals surface area contributed by atoms with Crippen LogP contribution < -0.4 is 10.5 Å². The first kappa shape index (κ1) is 12.4. The van der Waals surface area contributed by atoms with Crippen molar-refractivity contribution in [3.05, 3.63) is 23.8 Å². The smallest absolute Gasteiger partial charge is 0.347 e. The first-order chi connectivity index (χ1) is 7.56. The van der Waals surface area contributed by atoms with Gasteiger partial charge in [-0.1, -0.05) is 12.1 Å². The van der Waals surface area contributed by atoms with Crippen LogP contribution in [-0.2, 0) is 9.53 Å². The number of nitrogen functional groups attached to an aromatic ring is 1. The molecule has 2 N–H and O–H groups in total. The van der Waals surface area contributed by atoms with Crippen molar-refractivity contribution in [2.75, 3.05) is 12.3 Å². The topological polar surface area (TPSA) is 61.5 Å². The van der Waals surface area contributed by atoms with E-state index in [1.807, 2.05) is 19.1 Å². The highest BCUT2D eigenvalue weighted by molar-refractivity contribution is 5.75. The first-order valence-corrected chi connectivity index (χ1v) is 5.24. The molecule has 0 spiro atoms. The standard InChI is InChI=1S/C12H17NO3/c1-4-15-12(14)9(3)16-10-7-5-6-8(2)11(10)13/h5-7,9H,4,13H2,1-3H3. The predicted octanol–water partition coefficient (Wildman–Crippen LogP) is 1.91. The molecule has 0 aliphatic carbocycles. The van der Waals surface area contributed by atoms with Gasteiger partial charge in [0.1, 0.15) is 5.75 Å². The second kappa shape index (κ2) is 5.39. The number of anilines is 1. The van der Waals surface area contributed by atoms with E-state index in [9.17, 15) is 4.79 Å². The van der Waals surface area contributed by atoms with E-state index in [0.29, 0.717) is 18.0 Å². The minimum Gasteiger partial charge on any atom is -0.477 e. The Labute approximate surface area is 95.3 Å². The van der Waals surface area contributed by atoms with Gasteiger partial charge in [-0.05, 0) is 32.4 Å². The Bertz CT molecular complexity index is 377. The average molecular weight is 223 g/mol. The summed E-state index contributed by atoms with van der Waals surface area (Å²) < 4.78 is 10.3. The lowest BCUT2D eigenvalue weighted by molar-refractivity contribution is -0.150. The molecule has 1 aromatic rings. The Morgan fingerprint density at radius 3 is 2.81 bits per heavy atom. The minimum atomic E-state index is -0.649. The van der Waals surface area contributed by atoms with Gasteiger partial charge < -0.3 is 15.2 Å². The molecule has 0 bridgehead atoms. The van der Waals surface area contributed by atoms with Gasteiger partial charge in [0.25, 0.3) is 0 Å². The molecule has 1 aromatic carbocycles. The van der Waals surface area contributed by atoms with Gasteiger partial charge in [-0.25, -0.2) is 4.79 Å². The number of rotatable bonds is 4. The quantitative estimate of drug-likeness (QED) is 0.625. The Hall–Kier alpha value is -1.71. The molecule has 88 valence electrons. The number of esters is 1. The lowest BCUT2D eigenvalue weighted by Gasteiger charge is -2.15. The fourth-order valence-electron chi connectivity index (χ4n) is 1.25. The fourth-order valence-corrected chi connectivity index (χ4v) is 1.25. The largest absolute Gasteiger partial charge is 0.477 e. The summed E-state index contributed by atoms with van der Waals surface area (Å²) in [6.07, 6.45) is -0.649. The van der Waals surface area contributed by atoms with E-state index in [4.69, 9.17) is 15.2 Å². The average Bonchev–Trinajstić information content (AvgIpc) is 2.25. The molecule has 4 heteroatoms. The maximum absolute atomic E-state index is 11.4. The summed E-state index contributed by atoms with van der Waals surface area (Å²) in [6.45, 7) is 5.62. The highest BCUT2D eigenvalue weighted by Crippen LogP contribution is 2.25. The van der Waals surface area contributed by atoms with Crippen LogP contribution in [0.15, 0.2) is 18.2 Å². The van der Waals surface area contributed by atoms with E-state index in [0.717, 1.165) is 5.56 Å². The van der Waals surface area contributed by atoms with Crippen LogP contribution in [-0.4, -0.2) is 18.7 Å². The monoisotopic (exact) mass is 223 g/mol. The molecule has 0 saturated heterocycles. The van der Waals surface area contributed by atoms with E-state index in [-0.39, 0.29) is 5.97 Å². The van der Waals surface area contributed by atoms with Crippen molar-refractivity contribution in [2.24, 2.45) is 0 Å². The fraction of sp³-hybridized carbons (Fsp3) is 0.417. The lowest BCUT2D eigenvalue weighted by atomic mass is 10.2. The molecule has 1 rings (SSSR count). The molecule has 0 radical (unpaired) electrons. The molecule has 0 aromatic heterocycles. The normalized spacial score (nSPS) is 11.9. The van der Waals surface area contributed by atoms with Gasteiger partial charge >= 0.3 is 5.97 Å². The zero-order valence-electron chi connectivity index (χ0n) is 9.82. The van der Waals surface area contributed by atoms with Crippen LogP contribution in [0.25, 0.3) is 0 Å². The minimum absolute atomic E-state index is 0.343. The van der Waals surface area contributed by atoms with Crippen molar-refractivity contribution in [1.82, 2.24) is 0 Å². The zero-order valence-corrected chi connectivity index (χ0v) is 9.82. The molecule has 0 heterocycles. The molecular weight excluding hydrogens is 206 g/mol. The molecule has 0 aliphatic rings. The third kappa shape index (κ3) is 2.89. The van der Waals surface area contributed by atoms with Crippen molar-refractivity contribution in [2.45, 2.75) is 26.9 Å². The SMILES string of the molecule is CCOC(=O)C(C)Oc1cccc(C)c1N. The van der Waals surface area contributed by atoms with Gasteiger partial charge in [-0.3, -0.25) is 0 Å². The van der Waals surface area contributed by atoms with E-state index >= 15 is 0 Å². The number of carbonyl (C=O) groups is 1. The van der Waals surface area contributed by atoms with Gasteiger partial charge in [-0.2, -0.15) is 0 Å². The third-order valence-electron chi connectivity index (χ3n) is 2.21. The molecule has 1 unspecified atom stereocenters. The summed E-state index contributed by atoms with van der Waals surface area (Å²) in [6, 6.07) is 5.45. The number of para-hydroxylation sites is 1. The van der Waals surface area contributed by atoms with Crippen LogP contribution in [0.1, 0.15) is 19.4 Å². The summed E-state index contributed by atoms with van der Waals surface area (Å²) in [7, 11) is 0. The van der Waals surface area contributed by atoms with E-state index in [1.54, 1.807) is 19.9 Å². The van der Waals surface area contributed by atoms with Gasteiger partial charge in [-0.15, -0.1) is 0 Å². The summed E-state index contributed by atoms with van der Waals surface area (Å²) in [5.41, 5.74) is 7.31. The van der Waals surface area contributed by atoms with Gasteiger partial charge in [0.05, 0.1) is 12.3 Å². The molecule has 0 aliphatic heterocycles. The molecule has 1 atom stereocenters. The van der Waals surface area contributed by atoms with Crippen LogP contribution in [0.3, 0.4) is 0 Å². The van der Waals surface area contributed by atoms with E-state index in [1.165, 1.54) is 0 Å². The lowest BCUT2D eigenvalue weighted by Crippen LogP contribution is -2.26. The van der Waals surface area contributed by atoms with Crippen molar-refractivity contribution in [3.8, 4) is 5.75 Å². The van der Waals surface area contributed by atoms with Crippen LogP contribution in [0.2, 0.25) is 0 Å². The number of hydrogen-bond acceptors (Lipinski definition) is 4. The van der Waals surface area contributed by atoms with Crippen LogP contribution in [0.4, 0.5) is 5.69 Å². The molecule has 16 heavy (non-hydrogen) atoms. The maximum atomic E-state index is 11.4. The van der Waals surface area contributed by atoms with Crippen molar-refractivity contribution in [1.29, 1.82) is 0 Å². The second-order valence-electron chi connectivity index (χ2n) is 3.50. The molecule has 0 amide bonds. The number of aryl methyl sites for hydroxylation is 1. The Kier molecular flexibility index (Phi) is 4.17. The Balaban J connectivity index is 2.73. The number of carbonyl (C=O) groups excluding carboxylic acids is 1. The molecule has 0 saturated carbocycles. The summed E-state index contributed by atoms with van der Waals surface area (Å²) in [5, 5.41) is 0. The van der Waals surface area contributed by atoms with E-state index < -0.39 is 6.10 Å². The first-order valence-electron chi connectivity index (χ1n) is 5.24. The second-order valence-corrected chi connectivity index (χ2v) is 3.50. The van der Waals surface area contributed by atoms with Gasteiger partial charge in [0.2, 0.25) is 0 Å². The predicted molar refractivity (Wildman–Crippen MR) is 62.3 cm³/mol. The van der Waals surface area contributed by atoms with Crippen LogP contribution in [0, 0.1) is 6.92 Å². The molecule has 0 fully saturated rings. The van der Waals surface area contributed by atoms with Crippen molar-refractivity contribution in [3.63, 3.8) is 0 Å². The number of hydrogen-bond donors (Lipinski definition) is 1. The van der Waals surface area contributed by atoms with Crippen molar-refractivity contribution >= 4 is 11.7 Å². The van der Waals surface area contributed by atoms with Gasteiger partial charge in [0.15, 0.2) is 6.10 Å². The summed E-state index contributed by atoms with van der Waals surface area (Å²) >= 11 is 0. The number of nitrogens with two attached hydrogens (primary N) is 1. The Morgan fingerprint density at radius 1 is 1.50 bits per heavy atom. The van der Waals surface area contributed by atoms with Crippen molar-refractivity contribution < 1.29 is 14.3 Å².